The van der Waals surface area contributed by atoms with Crippen molar-refractivity contribution in [1.82, 2.24) is 0 Å². The first-order valence-electron chi connectivity index (χ1n) is 5.10. The zero-order valence-corrected chi connectivity index (χ0v) is 9.80. The van der Waals surface area contributed by atoms with Crippen LogP contribution in [0.2, 0.25) is 0 Å². The number of rotatable bonds is 7. The van der Waals surface area contributed by atoms with Crippen molar-refractivity contribution in [3.05, 3.63) is 12.2 Å². The number of hydrogen-bond donors (Lipinski definition) is 2. The third kappa shape index (κ3) is 5.14. The van der Waals surface area contributed by atoms with E-state index in [1.54, 1.807) is 6.92 Å². The van der Waals surface area contributed by atoms with Gasteiger partial charge in [0.1, 0.15) is 12.0 Å². The zero-order valence-electron chi connectivity index (χ0n) is 9.80. The van der Waals surface area contributed by atoms with Gasteiger partial charge in [-0.25, -0.2) is 4.79 Å². The molecule has 0 heterocycles. The highest BCUT2D eigenvalue weighted by Gasteiger charge is 2.32. The summed E-state index contributed by atoms with van der Waals surface area (Å²) < 4.78 is 4.90. The molecule has 17 heavy (non-hydrogen) atoms. The van der Waals surface area contributed by atoms with Gasteiger partial charge in [0.2, 0.25) is 0 Å². The quantitative estimate of drug-likeness (QED) is 0.513. The van der Waals surface area contributed by atoms with Gasteiger partial charge in [-0.1, -0.05) is 13.5 Å². The number of ether oxygens (including phenoxy) is 1. The third-order valence-corrected chi connectivity index (χ3v) is 2.17. The molecule has 0 saturated carbocycles. The Balaban J connectivity index is 4.78. The molecule has 0 saturated heterocycles. The lowest BCUT2D eigenvalue weighted by molar-refractivity contribution is -0.160. The Hall–Kier alpha value is -1.85. The molecule has 0 radical (unpaired) electrons. The smallest absolute Gasteiger partial charge is 0.333 e. The molecular formula is C11H16O6. The van der Waals surface area contributed by atoms with E-state index in [4.69, 9.17) is 14.9 Å². The lowest BCUT2D eigenvalue weighted by Crippen LogP contribution is -2.34. The highest BCUT2D eigenvalue weighted by molar-refractivity contribution is 5.87. The van der Waals surface area contributed by atoms with E-state index in [1.807, 2.05) is 0 Å². The van der Waals surface area contributed by atoms with Gasteiger partial charge in [-0.2, -0.15) is 0 Å². The topological polar surface area (TPSA) is 101 Å². The van der Waals surface area contributed by atoms with Crippen molar-refractivity contribution in [3.8, 4) is 0 Å². The van der Waals surface area contributed by atoms with Gasteiger partial charge in [-0.15, -0.1) is 0 Å². The van der Waals surface area contributed by atoms with Gasteiger partial charge in [0.25, 0.3) is 0 Å². The Kier molecular flexibility index (Phi) is 5.95. The van der Waals surface area contributed by atoms with E-state index in [0.717, 1.165) is 0 Å². The number of carboxylic acids is 2. The number of carbonyl (C=O) groups excluding carboxylic acids is 1. The molecular weight excluding hydrogens is 228 g/mol. The normalized spacial score (nSPS) is 13.5. The molecule has 0 rings (SSSR count). The molecule has 0 aromatic rings. The molecule has 2 N–H and O–H groups in total. The first-order chi connectivity index (χ1) is 7.79. The summed E-state index contributed by atoms with van der Waals surface area (Å²) in [5.74, 6) is -4.51. The lowest BCUT2D eigenvalue weighted by Gasteiger charge is -2.21. The number of carboxylic acid groups (broad SMARTS) is 2. The summed E-state index contributed by atoms with van der Waals surface area (Å²) in [7, 11) is 0. The van der Waals surface area contributed by atoms with Crippen molar-refractivity contribution < 1.29 is 29.3 Å². The van der Waals surface area contributed by atoms with Crippen LogP contribution in [0.5, 0.6) is 0 Å². The van der Waals surface area contributed by atoms with Gasteiger partial charge in [-0.3, -0.25) is 9.59 Å². The van der Waals surface area contributed by atoms with Crippen LogP contribution in [0.4, 0.5) is 0 Å². The largest absolute Gasteiger partial charge is 0.481 e. The average Bonchev–Trinajstić information content (AvgIpc) is 2.21. The number of carbonyl (C=O) groups is 3. The van der Waals surface area contributed by atoms with E-state index in [2.05, 4.69) is 6.58 Å². The molecule has 0 aliphatic rings. The van der Waals surface area contributed by atoms with E-state index in [0.29, 0.717) is 0 Å². The molecule has 6 nitrogen and oxygen atoms in total. The maximum Gasteiger partial charge on any atom is 0.333 e. The van der Waals surface area contributed by atoms with Gasteiger partial charge < -0.3 is 14.9 Å². The van der Waals surface area contributed by atoms with Crippen LogP contribution in [0.25, 0.3) is 0 Å². The Morgan fingerprint density at radius 3 is 2.12 bits per heavy atom. The molecule has 0 amide bonds. The monoisotopic (exact) mass is 244 g/mol. The van der Waals surface area contributed by atoms with Crippen molar-refractivity contribution in [1.29, 1.82) is 0 Å². The fourth-order valence-corrected chi connectivity index (χ4v) is 1.25. The maximum atomic E-state index is 11.3. The predicted molar refractivity (Wildman–Crippen MR) is 58.4 cm³/mol. The molecule has 0 aliphatic heterocycles. The average molecular weight is 244 g/mol. The second-order valence-corrected chi connectivity index (χ2v) is 3.67. The minimum Gasteiger partial charge on any atom is -0.481 e. The summed E-state index contributed by atoms with van der Waals surface area (Å²) in [6.07, 6.45) is -1.33. The first kappa shape index (κ1) is 15.2. The Labute approximate surface area is 98.9 Å². The van der Waals surface area contributed by atoms with Gasteiger partial charge in [-0.05, 0) is 13.3 Å². The Morgan fingerprint density at radius 1 is 1.29 bits per heavy atom. The summed E-state index contributed by atoms with van der Waals surface area (Å²) in [6, 6.07) is 0. The highest BCUT2D eigenvalue weighted by atomic mass is 16.5. The molecule has 2 unspecified atom stereocenters. The van der Waals surface area contributed by atoms with Crippen molar-refractivity contribution in [2.24, 2.45) is 5.92 Å². The number of aliphatic carboxylic acids is 2. The predicted octanol–water partition coefficient (Wildman–Crippen LogP) is 1.06. The molecule has 0 bridgehead atoms. The lowest BCUT2D eigenvalue weighted by atomic mass is 9.96. The number of esters is 1. The van der Waals surface area contributed by atoms with Crippen LogP contribution in [-0.2, 0) is 19.1 Å². The standard InChI is InChI=1S/C11H16O6/c1-4-8(17-11(16)6(2)3)7(10(14)15)5-9(12)13/h7-8H,2,4-5H2,1,3H3,(H,12,13)(H,14,15). The fraction of sp³-hybridized carbons (Fsp3) is 0.545. The van der Waals surface area contributed by atoms with Crippen LogP contribution in [0, 0.1) is 5.92 Å². The first-order valence-corrected chi connectivity index (χ1v) is 5.10. The van der Waals surface area contributed by atoms with Crippen LogP contribution in [0.1, 0.15) is 26.7 Å². The van der Waals surface area contributed by atoms with E-state index in [9.17, 15) is 14.4 Å². The maximum absolute atomic E-state index is 11.3. The van der Waals surface area contributed by atoms with Gasteiger partial charge in [0.15, 0.2) is 0 Å². The summed E-state index contributed by atoms with van der Waals surface area (Å²) >= 11 is 0. The molecule has 0 spiro atoms. The van der Waals surface area contributed by atoms with E-state index < -0.39 is 36.4 Å². The van der Waals surface area contributed by atoms with Gasteiger partial charge in [0.05, 0.1) is 6.42 Å². The summed E-state index contributed by atoms with van der Waals surface area (Å²) in [4.78, 5) is 32.7. The second kappa shape index (κ2) is 6.67. The molecule has 6 heteroatoms. The Morgan fingerprint density at radius 2 is 1.82 bits per heavy atom. The molecule has 96 valence electrons. The van der Waals surface area contributed by atoms with Crippen LogP contribution < -0.4 is 0 Å². The van der Waals surface area contributed by atoms with E-state index in [1.165, 1.54) is 6.92 Å². The highest BCUT2D eigenvalue weighted by Crippen LogP contribution is 2.17. The molecule has 0 aromatic carbocycles. The van der Waals surface area contributed by atoms with Gasteiger partial charge >= 0.3 is 17.9 Å². The SMILES string of the molecule is C=C(C)C(=O)OC(CC)C(CC(=O)O)C(=O)O. The molecule has 2 atom stereocenters. The second-order valence-electron chi connectivity index (χ2n) is 3.67. The van der Waals surface area contributed by atoms with E-state index >= 15 is 0 Å². The van der Waals surface area contributed by atoms with Crippen molar-refractivity contribution in [3.63, 3.8) is 0 Å². The van der Waals surface area contributed by atoms with Crippen molar-refractivity contribution >= 4 is 17.9 Å². The summed E-state index contributed by atoms with van der Waals surface area (Å²) in [5.41, 5.74) is 0.142. The third-order valence-electron chi connectivity index (χ3n) is 2.17. The van der Waals surface area contributed by atoms with Crippen LogP contribution in [0.15, 0.2) is 12.2 Å². The van der Waals surface area contributed by atoms with Crippen molar-refractivity contribution in [2.75, 3.05) is 0 Å². The van der Waals surface area contributed by atoms with Crippen LogP contribution >= 0.6 is 0 Å². The fourth-order valence-electron chi connectivity index (χ4n) is 1.25. The summed E-state index contributed by atoms with van der Waals surface area (Å²) in [5, 5.41) is 17.5. The summed E-state index contributed by atoms with van der Waals surface area (Å²) in [6.45, 7) is 6.42. The van der Waals surface area contributed by atoms with Crippen LogP contribution in [-0.4, -0.2) is 34.2 Å². The van der Waals surface area contributed by atoms with E-state index in [-0.39, 0.29) is 12.0 Å². The Bertz CT molecular complexity index is 333. The molecule has 0 aromatic heterocycles. The molecule has 0 fully saturated rings. The van der Waals surface area contributed by atoms with Crippen molar-refractivity contribution in [2.45, 2.75) is 32.8 Å². The minimum absolute atomic E-state index is 0.142. The molecule has 0 aliphatic carbocycles. The van der Waals surface area contributed by atoms with Gasteiger partial charge in [0, 0.05) is 5.57 Å². The zero-order chi connectivity index (χ0) is 13.6. The number of hydrogen-bond acceptors (Lipinski definition) is 4. The minimum atomic E-state index is -1.30. The van der Waals surface area contributed by atoms with Crippen LogP contribution in [0.3, 0.4) is 0 Å².